The Balaban J connectivity index is 1.43. The summed E-state index contributed by atoms with van der Waals surface area (Å²) in [5.74, 6) is 2.31. The Morgan fingerprint density at radius 1 is 1.00 bits per heavy atom. The minimum Gasteiger partial charge on any atom is -0.496 e. The van der Waals surface area contributed by atoms with Gasteiger partial charge in [0.25, 0.3) is 5.91 Å². The number of benzene rings is 2. The molecular formula is C24H26N4O3. The van der Waals surface area contributed by atoms with Gasteiger partial charge in [-0.1, -0.05) is 12.1 Å². The van der Waals surface area contributed by atoms with E-state index in [2.05, 4.69) is 14.9 Å². The number of methoxy groups -OCH3 is 1. The summed E-state index contributed by atoms with van der Waals surface area (Å²) < 4.78 is 10.9. The number of rotatable bonds is 6. The van der Waals surface area contributed by atoms with Crippen LogP contribution in [0.1, 0.15) is 17.3 Å². The fourth-order valence-corrected chi connectivity index (χ4v) is 3.70. The molecule has 160 valence electrons. The molecule has 1 aromatic heterocycles. The molecule has 0 atom stereocenters. The monoisotopic (exact) mass is 418 g/mol. The van der Waals surface area contributed by atoms with E-state index < -0.39 is 0 Å². The Bertz CT molecular complexity index is 1030. The average molecular weight is 418 g/mol. The molecule has 1 saturated heterocycles. The third-order valence-corrected chi connectivity index (χ3v) is 5.34. The van der Waals surface area contributed by atoms with Crippen molar-refractivity contribution >= 4 is 11.7 Å². The largest absolute Gasteiger partial charge is 0.496 e. The van der Waals surface area contributed by atoms with Crippen LogP contribution in [-0.4, -0.2) is 60.7 Å². The van der Waals surface area contributed by atoms with Gasteiger partial charge in [0, 0.05) is 37.8 Å². The van der Waals surface area contributed by atoms with Crippen LogP contribution in [0, 0.1) is 0 Å². The summed E-state index contributed by atoms with van der Waals surface area (Å²) in [6.45, 7) is 5.27. The number of piperazine rings is 1. The zero-order valence-electron chi connectivity index (χ0n) is 17.8. The van der Waals surface area contributed by atoms with Crippen LogP contribution >= 0.6 is 0 Å². The number of amides is 1. The number of hydrogen-bond donors (Lipinski definition) is 0. The number of anilines is 1. The number of hydrogen-bond acceptors (Lipinski definition) is 6. The van der Waals surface area contributed by atoms with Crippen LogP contribution in [0.5, 0.6) is 11.5 Å². The Morgan fingerprint density at radius 3 is 2.45 bits per heavy atom. The maximum atomic E-state index is 12.9. The highest BCUT2D eigenvalue weighted by Crippen LogP contribution is 2.25. The molecule has 1 aliphatic rings. The number of aromatic nitrogens is 2. The van der Waals surface area contributed by atoms with Crippen molar-refractivity contribution < 1.29 is 14.3 Å². The Kier molecular flexibility index (Phi) is 6.31. The van der Waals surface area contributed by atoms with Gasteiger partial charge in [-0.2, -0.15) is 0 Å². The summed E-state index contributed by atoms with van der Waals surface area (Å²) in [4.78, 5) is 25.9. The molecule has 1 aliphatic heterocycles. The van der Waals surface area contributed by atoms with Gasteiger partial charge in [0.15, 0.2) is 0 Å². The smallest absolute Gasteiger partial charge is 0.257 e. The van der Waals surface area contributed by atoms with Crippen molar-refractivity contribution in [3.63, 3.8) is 0 Å². The quantitative estimate of drug-likeness (QED) is 0.610. The summed E-state index contributed by atoms with van der Waals surface area (Å²) in [7, 11) is 1.58. The van der Waals surface area contributed by atoms with Crippen LogP contribution in [-0.2, 0) is 0 Å². The number of nitrogens with zero attached hydrogens (tertiary/aromatic N) is 4. The maximum absolute atomic E-state index is 12.9. The van der Waals surface area contributed by atoms with E-state index in [1.165, 1.54) is 0 Å². The molecule has 0 saturated carbocycles. The molecule has 31 heavy (non-hydrogen) atoms. The molecular weight excluding hydrogens is 392 g/mol. The first-order valence-corrected chi connectivity index (χ1v) is 10.4. The molecule has 2 heterocycles. The Hall–Kier alpha value is -3.61. The molecule has 2 aromatic carbocycles. The number of ether oxygens (including phenoxy) is 2. The molecule has 0 aliphatic carbocycles. The predicted molar refractivity (Wildman–Crippen MR) is 120 cm³/mol. The SMILES string of the molecule is CCOc1ccc(-c2cc(N3CCN(C(=O)c4ccccc4OC)CC3)ncn2)cc1. The molecule has 7 heteroatoms. The fourth-order valence-electron chi connectivity index (χ4n) is 3.70. The van der Waals surface area contributed by atoms with Gasteiger partial charge >= 0.3 is 0 Å². The highest BCUT2D eigenvalue weighted by atomic mass is 16.5. The summed E-state index contributed by atoms with van der Waals surface area (Å²) >= 11 is 0. The van der Waals surface area contributed by atoms with E-state index in [-0.39, 0.29) is 5.91 Å². The fraction of sp³-hybridized carbons (Fsp3) is 0.292. The van der Waals surface area contributed by atoms with E-state index >= 15 is 0 Å². The number of carbonyl (C=O) groups is 1. The van der Waals surface area contributed by atoms with Crippen molar-refractivity contribution in [1.82, 2.24) is 14.9 Å². The lowest BCUT2D eigenvalue weighted by Gasteiger charge is -2.35. The van der Waals surface area contributed by atoms with Crippen LogP contribution in [0.4, 0.5) is 5.82 Å². The van der Waals surface area contributed by atoms with E-state index in [1.54, 1.807) is 19.5 Å². The van der Waals surface area contributed by atoms with Gasteiger partial charge in [0.1, 0.15) is 23.6 Å². The highest BCUT2D eigenvalue weighted by molar-refractivity contribution is 5.97. The Morgan fingerprint density at radius 2 is 1.74 bits per heavy atom. The lowest BCUT2D eigenvalue weighted by Crippen LogP contribution is -2.49. The molecule has 7 nitrogen and oxygen atoms in total. The van der Waals surface area contributed by atoms with E-state index in [4.69, 9.17) is 9.47 Å². The lowest BCUT2D eigenvalue weighted by atomic mass is 10.1. The van der Waals surface area contributed by atoms with Crippen molar-refractivity contribution in [2.24, 2.45) is 0 Å². The standard InChI is InChI=1S/C24H26N4O3/c1-3-31-19-10-8-18(9-11-19)21-16-23(26-17-25-21)27-12-14-28(15-13-27)24(29)20-6-4-5-7-22(20)30-2/h4-11,16-17H,3,12-15H2,1-2H3. The second-order valence-electron chi connectivity index (χ2n) is 7.20. The zero-order valence-corrected chi connectivity index (χ0v) is 17.8. The van der Waals surface area contributed by atoms with Gasteiger partial charge in [0.2, 0.25) is 0 Å². The van der Waals surface area contributed by atoms with Crippen molar-refractivity contribution in [2.75, 3.05) is 44.8 Å². The summed E-state index contributed by atoms with van der Waals surface area (Å²) in [5, 5.41) is 0. The van der Waals surface area contributed by atoms with Gasteiger partial charge in [0.05, 0.1) is 25.0 Å². The molecule has 3 aromatic rings. The first-order valence-electron chi connectivity index (χ1n) is 10.4. The number of carbonyl (C=O) groups excluding carboxylic acids is 1. The van der Waals surface area contributed by atoms with Crippen molar-refractivity contribution in [2.45, 2.75) is 6.92 Å². The van der Waals surface area contributed by atoms with Gasteiger partial charge in [-0.3, -0.25) is 4.79 Å². The van der Waals surface area contributed by atoms with E-state index in [0.29, 0.717) is 44.1 Å². The molecule has 1 amide bonds. The van der Waals surface area contributed by atoms with Crippen LogP contribution < -0.4 is 14.4 Å². The minimum atomic E-state index is -0.00476. The zero-order chi connectivity index (χ0) is 21.6. The van der Waals surface area contributed by atoms with Crippen LogP contribution in [0.15, 0.2) is 60.9 Å². The topological polar surface area (TPSA) is 67.8 Å². The van der Waals surface area contributed by atoms with Crippen molar-refractivity contribution in [3.05, 3.63) is 66.5 Å². The maximum Gasteiger partial charge on any atom is 0.257 e. The van der Waals surface area contributed by atoms with Crippen molar-refractivity contribution in [1.29, 1.82) is 0 Å². The van der Waals surface area contributed by atoms with Gasteiger partial charge in [-0.05, 0) is 43.3 Å². The molecule has 1 fully saturated rings. The molecule has 0 bridgehead atoms. The summed E-state index contributed by atoms with van der Waals surface area (Å²) in [6.07, 6.45) is 1.59. The molecule has 0 spiro atoms. The third kappa shape index (κ3) is 4.60. The third-order valence-electron chi connectivity index (χ3n) is 5.34. The van der Waals surface area contributed by atoms with Gasteiger partial charge in [-0.15, -0.1) is 0 Å². The summed E-state index contributed by atoms with van der Waals surface area (Å²) in [5.41, 5.74) is 2.47. The average Bonchev–Trinajstić information content (AvgIpc) is 2.84. The van der Waals surface area contributed by atoms with Gasteiger partial charge in [-0.25, -0.2) is 9.97 Å². The van der Waals surface area contributed by atoms with Crippen LogP contribution in [0.25, 0.3) is 11.3 Å². The van der Waals surface area contributed by atoms with Crippen molar-refractivity contribution in [3.8, 4) is 22.8 Å². The molecule has 0 radical (unpaired) electrons. The highest BCUT2D eigenvalue weighted by Gasteiger charge is 2.25. The molecule has 0 N–H and O–H groups in total. The normalized spacial score (nSPS) is 13.7. The first-order chi connectivity index (χ1) is 15.2. The van der Waals surface area contributed by atoms with E-state index in [9.17, 15) is 4.79 Å². The molecule has 4 rings (SSSR count). The second kappa shape index (κ2) is 9.47. The molecule has 0 unspecified atom stereocenters. The lowest BCUT2D eigenvalue weighted by molar-refractivity contribution is 0.0743. The van der Waals surface area contributed by atoms with Crippen LogP contribution in [0.3, 0.4) is 0 Å². The van der Waals surface area contributed by atoms with Crippen LogP contribution in [0.2, 0.25) is 0 Å². The number of para-hydroxylation sites is 1. The first kappa shape index (κ1) is 20.7. The Labute approximate surface area is 182 Å². The predicted octanol–water partition coefficient (Wildman–Crippen LogP) is 3.51. The van der Waals surface area contributed by atoms with E-state index in [1.807, 2.05) is 60.4 Å². The minimum absolute atomic E-state index is 0.00476. The summed E-state index contributed by atoms with van der Waals surface area (Å²) in [6, 6.07) is 17.2. The second-order valence-corrected chi connectivity index (χ2v) is 7.20. The van der Waals surface area contributed by atoms with E-state index in [0.717, 1.165) is 22.8 Å². The van der Waals surface area contributed by atoms with Gasteiger partial charge < -0.3 is 19.3 Å².